The first kappa shape index (κ1) is 17.1. The predicted octanol–water partition coefficient (Wildman–Crippen LogP) is 3.47. The van der Waals surface area contributed by atoms with Crippen LogP contribution >= 0.6 is 0 Å². The molecule has 3 rings (SSSR count). The zero-order valence-corrected chi connectivity index (χ0v) is 14.9. The molecule has 2 heterocycles. The Morgan fingerprint density at radius 3 is 2.43 bits per heavy atom. The molecule has 0 aromatic carbocycles. The summed E-state index contributed by atoms with van der Waals surface area (Å²) in [6.07, 6.45) is 11.4. The Bertz CT molecular complexity index is 373. The van der Waals surface area contributed by atoms with Crippen molar-refractivity contribution in [2.75, 3.05) is 32.7 Å². The SMILES string of the molecule is CC1CCN(C[C@H]2CCCN(C(=O)NC3CCCCC3)C2)CC1. The number of amides is 2. The predicted molar refractivity (Wildman–Crippen MR) is 94.5 cm³/mol. The zero-order chi connectivity index (χ0) is 16.1. The largest absolute Gasteiger partial charge is 0.335 e. The van der Waals surface area contributed by atoms with Crippen LogP contribution in [0.1, 0.15) is 64.7 Å². The van der Waals surface area contributed by atoms with Gasteiger partial charge < -0.3 is 15.1 Å². The van der Waals surface area contributed by atoms with Crippen molar-refractivity contribution in [3.05, 3.63) is 0 Å². The molecule has 2 saturated heterocycles. The first-order valence-electron chi connectivity index (χ1n) is 9.98. The average Bonchev–Trinajstić information content (AvgIpc) is 2.58. The van der Waals surface area contributed by atoms with Crippen molar-refractivity contribution in [1.29, 1.82) is 0 Å². The molecule has 0 radical (unpaired) electrons. The molecule has 0 unspecified atom stereocenters. The Kier molecular flexibility index (Phi) is 6.21. The molecule has 132 valence electrons. The minimum atomic E-state index is 0.203. The lowest BCUT2D eigenvalue weighted by molar-refractivity contribution is 0.118. The summed E-state index contributed by atoms with van der Waals surface area (Å²) in [6.45, 7) is 7.99. The summed E-state index contributed by atoms with van der Waals surface area (Å²) in [5.74, 6) is 1.57. The van der Waals surface area contributed by atoms with Gasteiger partial charge in [0.25, 0.3) is 0 Å². The Morgan fingerprint density at radius 1 is 0.957 bits per heavy atom. The van der Waals surface area contributed by atoms with E-state index in [0.29, 0.717) is 12.0 Å². The number of hydrogen-bond acceptors (Lipinski definition) is 2. The molecule has 2 amide bonds. The van der Waals surface area contributed by atoms with Crippen LogP contribution in [0, 0.1) is 11.8 Å². The van der Waals surface area contributed by atoms with Gasteiger partial charge in [-0.15, -0.1) is 0 Å². The highest BCUT2D eigenvalue weighted by molar-refractivity contribution is 5.74. The summed E-state index contributed by atoms with van der Waals surface area (Å²) >= 11 is 0. The highest BCUT2D eigenvalue weighted by atomic mass is 16.2. The molecule has 3 aliphatic rings. The normalized spacial score (nSPS) is 28.7. The van der Waals surface area contributed by atoms with Crippen LogP contribution in [0.4, 0.5) is 4.79 Å². The van der Waals surface area contributed by atoms with E-state index in [1.54, 1.807) is 0 Å². The van der Waals surface area contributed by atoms with E-state index in [9.17, 15) is 4.79 Å². The van der Waals surface area contributed by atoms with E-state index in [4.69, 9.17) is 0 Å². The minimum absolute atomic E-state index is 0.203. The molecular formula is C19H35N3O. The van der Waals surface area contributed by atoms with Crippen molar-refractivity contribution >= 4 is 6.03 Å². The molecular weight excluding hydrogens is 286 g/mol. The first-order valence-corrected chi connectivity index (χ1v) is 9.98. The van der Waals surface area contributed by atoms with E-state index in [0.717, 1.165) is 19.0 Å². The third-order valence-corrected chi connectivity index (χ3v) is 6.13. The summed E-state index contributed by atoms with van der Waals surface area (Å²) in [5, 5.41) is 3.29. The number of rotatable bonds is 3. The number of carbonyl (C=O) groups is 1. The maximum atomic E-state index is 12.5. The van der Waals surface area contributed by atoms with Crippen molar-refractivity contribution in [2.24, 2.45) is 11.8 Å². The Balaban J connectivity index is 1.42. The van der Waals surface area contributed by atoms with Crippen molar-refractivity contribution < 1.29 is 4.79 Å². The van der Waals surface area contributed by atoms with Crippen LogP contribution in [0.3, 0.4) is 0 Å². The second kappa shape index (κ2) is 8.36. The van der Waals surface area contributed by atoms with Gasteiger partial charge in [0.2, 0.25) is 0 Å². The molecule has 3 fully saturated rings. The van der Waals surface area contributed by atoms with E-state index < -0.39 is 0 Å². The smallest absolute Gasteiger partial charge is 0.317 e. The fourth-order valence-electron chi connectivity index (χ4n) is 4.52. The molecule has 1 atom stereocenters. The van der Waals surface area contributed by atoms with Crippen molar-refractivity contribution in [1.82, 2.24) is 15.1 Å². The molecule has 1 saturated carbocycles. The third-order valence-electron chi connectivity index (χ3n) is 6.13. The van der Waals surface area contributed by atoms with Gasteiger partial charge in [-0.1, -0.05) is 26.2 Å². The van der Waals surface area contributed by atoms with Gasteiger partial charge in [0.15, 0.2) is 0 Å². The quantitative estimate of drug-likeness (QED) is 0.864. The zero-order valence-electron chi connectivity index (χ0n) is 14.9. The van der Waals surface area contributed by atoms with Crippen LogP contribution in [-0.4, -0.2) is 54.6 Å². The highest BCUT2D eigenvalue weighted by Gasteiger charge is 2.27. The molecule has 4 heteroatoms. The van der Waals surface area contributed by atoms with Gasteiger partial charge >= 0.3 is 6.03 Å². The van der Waals surface area contributed by atoms with Crippen LogP contribution in [0.15, 0.2) is 0 Å². The first-order chi connectivity index (χ1) is 11.2. The number of nitrogens with zero attached hydrogens (tertiary/aromatic N) is 2. The van der Waals surface area contributed by atoms with E-state index in [-0.39, 0.29) is 6.03 Å². The number of likely N-dealkylation sites (tertiary alicyclic amines) is 2. The monoisotopic (exact) mass is 321 g/mol. The maximum absolute atomic E-state index is 12.5. The molecule has 1 N–H and O–H groups in total. The Hall–Kier alpha value is -0.770. The lowest BCUT2D eigenvalue weighted by Gasteiger charge is -2.38. The molecule has 0 spiro atoms. The van der Waals surface area contributed by atoms with Crippen LogP contribution in [0.25, 0.3) is 0 Å². The molecule has 0 bridgehead atoms. The van der Waals surface area contributed by atoms with Crippen molar-refractivity contribution in [3.8, 4) is 0 Å². The lowest BCUT2D eigenvalue weighted by Crippen LogP contribution is -2.50. The van der Waals surface area contributed by atoms with Gasteiger partial charge in [0.05, 0.1) is 0 Å². The van der Waals surface area contributed by atoms with Gasteiger partial charge in [-0.3, -0.25) is 0 Å². The topological polar surface area (TPSA) is 35.6 Å². The number of nitrogens with one attached hydrogen (secondary N) is 1. The molecule has 0 aromatic heterocycles. The van der Waals surface area contributed by atoms with Gasteiger partial charge in [-0.05, 0) is 63.5 Å². The van der Waals surface area contributed by atoms with Gasteiger partial charge in [-0.25, -0.2) is 4.79 Å². The second-order valence-electron chi connectivity index (χ2n) is 8.22. The van der Waals surface area contributed by atoms with Crippen LogP contribution < -0.4 is 5.32 Å². The highest BCUT2D eigenvalue weighted by Crippen LogP contribution is 2.22. The molecule has 2 aliphatic heterocycles. The average molecular weight is 322 g/mol. The number of piperidine rings is 2. The molecule has 0 aromatic rings. The summed E-state index contributed by atoms with van der Waals surface area (Å²) in [7, 11) is 0. The number of carbonyl (C=O) groups excluding carboxylic acids is 1. The van der Waals surface area contributed by atoms with Gasteiger partial charge in [-0.2, -0.15) is 0 Å². The van der Waals surface area contributed by atoms with Crippen molar-refractivity contribution in [3.63, 3.8) is 0 Å². The summed E-state index contributed by atoms with van der Waals surface area (Å²) in [6, 6.07) is 0.633. The summed E-state index contributed by atoms with van der Waals surface area (Å²) in [4.78, 5) is 17.3. The lowest BCUT2D eigenvalue weighted by atomic mass is 9.94. The van der Waals surface area contributed by atoms with Gasteiger partial charge in [0.1, 0.15) is 0 Å². The fraction of sp³-hybridized carbons (Fsp3) is 0.947. The van der Waals surface area contributed by atoms with Crippen LogP contribution in [-0.2, 0) is 0 Å². The number of urea groups is 1. The van der Waals surface area contributed by atoms with Crippen LogP contribution in [0.5, 0.6) is 0 Å². The van der Waals surface area contributed by atoms with E-state index in [1.165, 1.54) is 77.4 Å². The molecule has 1 aliphatic carbocycles. The Morgan fingerprint density at radius 2 is 1.70 bits per heavy atom. The third kappa shape index (κ3) is 5.10. The Labute approximate surface area is 142 Å². The van der Waals surface area contributed by atoms with Gasteiger partial charge in [0, 0.05) is 25.7 Å². The standard InChI is InChI=1S/C19H35N3O/c1-16-9-12-21(13-10-16)14-17-6-5-11-22(15-17)19(23)20-18-7-3-2-4-8-18/h16-18H,2-15H2,1H3,(H,20,23)/t17-/m1/s1. The van der Waals surface area contributed by atoms with E-state index in [1.807, 2.05) is 0 Å². The fourth-order valence-corrected chi connectivity index (χ4v) is 4.52. The summed E-state index contributed by atoms with van der Waals surface area (Å²) < 4.78 is 0. The van der Waals surface area contributed by atoms with E-state index >= 15 is 0 Å². The summed E-state index contributed by atoms with van der Waals surface area (Å²) in [5.41, 5.74) is 0. The molecule has 4 nitrogen and oxygen atoms in total. The second-order valence-corrected chi connectivity index (χ2v) is 8.22. The van der Waals surface area contributed by atoms with Crippen LogP contribution in [0.2, 0.25) is 0 Å². The van der Waals surface area contributed by atoms with E-state index in [2.05, 4.69) is 22.0 Å². The minimum Gasteiger partial charge on any atom is -0.335 e. The number of hydrogen-bond donors (Lipinski definition) is 1. The maximum Gasteiger partial charge on any atom is 0.317 e. The van der Waals surface area contributed by atoms with Crippen molar-refractivity contribution in [2.45, 2.75) is 70.8 Å². The molecule has 23 heavy (non-hydrogen) atoms.